The number of nitrogens with one attached hydrogen (secondary N) is 1. The van der Waals surface area contributed by atoms with Gasteiger partial charge in [0.1, 0.15) is 11.9 Å². The fourth-order valence-electron chi connectivity index (χ4n) is 2.09. The van der Waals surface area contributed by atoms with E-state index in [9.17, 15) is 19.7 Å². The molecular weight excluding hydrogens is 213 g/mol. The molecule has 0 unspecified atom stereocenters. The molecule has 1 aromatic rings. The number of benzene rings is 1. The van der Waals surface area contributed by atoms with Gasteiger partial charge in [-0.15, -0.1) is 0 Å². The van der Waals surface area contributed by atoms with E-state index in [4.69, 9.17) is 0 Å². The molecule has 1 aromatic carbocycles. The summed E-state index contributed by atoms with van der Waals surface area (Å²) in [6.45, 7) is -0.171. The second-order valence-corrected chi connectivity index (χ2v) is 4.03. The zero-order chi connectivity index (χ0) is 11.8. The molecule has 2 rings (SSSR count). The van der Waals surface area contributed by atoms with Gasteiger partial charge in [0.15, 0.2) is 0 Å². The van der Waals surface area contributed by atoms with Crippen molar-refractivity contribution in [3.05, 3.63) is 35.6 Å². The summed E-state index contributed by atoms with van der Waals surface area (Å²) in [6, 6.07) is 5.48. The summed E-state index contributed by atoms with van der Waals surface area (Å²) >= 11 is 0. The maximum atomic E-state index is 12.8. The van der Waals surface area contributed by atoms with Gasteiger partial charge in [-0.1, -0.05) is 12.1 Å². The predicted molar refractivity (Wildman–Crippen MR) is 55.2 cm³/mol. The smallest absolute Gasteiger partial charge is 0.123 e. The van der Waals surface area contributed by atoms with Gasteiger partial charge in [-0.3, -0.25) is 0 Å². The highest BCUT2D eigenvalue weighted by molar-refractivity contribution is 5.29. The molecule has 4 N–H and O–H groups in total. The van der Waals surface area contributed by atoms with Crippen molar-refractivity contribution < 1.29 is 19.7 Å². The normalized spacial score (nSPS) is 34.2. The first-order valence-electron chi connectivity index (χ1n) is 5.08. The molecule has 1 fully saturated rings. The van der Waals surface area contributed by atoms with Gasteiger partial charge in [0.25, 0.3) is 0 Å². The SMILES string of the molecule is OC[C@@]1(c2ccc(F)cc2)NC[C@@H](O)[C@@H]1O. The number of halogens is 1. The molecule has 1 aliphatic rings. The van der Waals surface area contributed by atoms with E-state index < -0.39 is 17.7 Å². The van der Waals surface area contributed by atoms with Crippen LogP contribution in [0.3, 0.4) is 0 Å². The largest absolute Gasteiger partial charge is 0.394 e. The van der Waals surface area contributed by atoms with Crippen LogP contribution in [0.5, 0.6) is 0 Å². The van der Waals surface area contributed by atoms with Crippen LogP contribution in [-0.4, -0.2) is 40.7 Å². The van der Waals surface area contributed by atoms with Crippen molar-refractivity contribution in [1.29, 1.82) is 0 Å². The molecular formula is C11H14FNO3. The summed E-state index contributed by atoms with van der Waals surface area (Å²) in [5.74, 6) is -0.384. The Labute approximate surface area is 92.3 Å². The number of hydrogen-bond donors (Lipinski definition) is 4. The van der Waals surface area contributed by atoms with Crippen LogP contribution < -0.4 is 5.32 Å². The minimum atomic E-state index is -1.11. The van der Waals surface area contributed by atoms with Crippen LogP contribution in [0.4, 0.5) is 4.39 Å². The van der Waals surface area contributed by atoms with Gasteiger partial charge in [-0.05, 0) is 17.7 Å². The quantitative estimate of drug-likeness (QED) is 0.541. The Morgan fingerprint density at radius 1 is 1.31 bits per heavy atom. The average Bonchev–Trinajstić information content (AvgIpc) is 2.59. The third-order valence-corrected chi connectivity index (χ3v) is 3.10. The van der Waals surface area contributed by atoms with E-state index in [1.807, 2.05) is 0 Å². The number of β-amino-alcohol motifs (C(OH)–C–C–N with tert-alkyl or cyclic N) is 1. The molecule has 4 nitrogen and oxygen atoms in total. The Balaban J connectivity index is 2.38. The first-order valence-corrected chi connectivity index (χ1v) is 5.08. The summed E-state index contributed by atoms with van der Waals surface area (Å²) in [6.07, 6.45) is -2.04. The Hall–Kier alpha value is -1.01. The monoisotopic (exact) mass is 227 g/mol. The lowest BCUT2D eigenvalue weighted by Gasteiger charge is -2.31. The Bertz CT molecular complexity index is 370. The van der Waals surface area contributed by atoms with Crippen molar-refractivity contribution in [2.24, 2.45) is 0 Å². The molecule has 88 valence electrons. The van der Waals surface area contributed by atoms with Gasteiger partial charge in [0, 0.05) is 6.54 Å². The van der Waals surface area contributed by atoms with Crippen LogP contribution in [0.25, 0.3) is 0 Å². The number of rotatable bonds is 2. The molecule has 5 heteroatoms. The van der Waals surface area contributed by atoms with Crippen molar-refractivity contribution in [3.8, 4) is 0 Å². The lowest BCUT2D eigenvalue weighted by atomic mass is 9.86. The molecule has 0 radical (unpaired) electrons. The maximum absolute atomic E-state index is 12.8. The Morgan fingerprint density at radius 3 is 2.38 bits per heavy atom. The van der Waals surface area contributed by atoms with E-state index in [0.717, 1.165) is 0 Å². The van der Waals surface area contributed by atoms with Crippen LogP contribution in [-0.2, 0) is 5.54 Å². The third-order valence-electron chi connectivity index (χ3n) is 3.10. The molecule has 1 saturated heterocycles. The average molecular weight is 227 g/mol. The van der Waals surface area contributed by atoms with E-state index in [1.165, 1.54) is 24.3 Å². The Kier molecular flexibility index (Phi) is 2.94. The topological polar surface area (TPSA) is 72.7 Å². The van der Waals surface area contributed by atoms with Crippen LogP contribution in [0, 0.1) is 5.82 Å². The second-order valence-electron chi connectivity index (χ2n) is 4.03. The van der Waals surface area contributed by atoms with Gasteiger partial charge in [-0.25, -0.2) is 4.39 Å². The molecule has 0 amide bonds. The van der Waals surface area contributed by atoms with Crippen molar-refractivity contribution >= 4 is 0 Å². The van der Waals surface area contributed by atoms with Crippen LogP contribution >= 0.6 is 0 Å². The molecule has 1 heterocycles. The lowest BCUT2D eigenvalue weighted by molar-refractivity contribution is -0.0110. The van der Waals surface area contributed by atoms with E-state index >= 15 is 0 Å². The highest BCUT2D eigenvalue weighted by Gasteiger charge is 2.47. The fourth-order valence-corrected chi connectivity index (χ4v) is 2.09. The molecule has 0 aliphatic carbocycles. The number of hydrogen-bond acceptors (Lipinski definition) is 4. The number of aliphatic hydroxyl groups excluding tert-OH is 3. The molecule has 0 saturated carbocycles. The highest BCUT2D eigenvalue weighted by atomic mass is 19.1. The number of aliphatic hydroxyl groups is 3. The van der Waals surface area contributed by atoms with Crippen molar-refractivity contribution in [2.75, 3.05) is 13.2 Å². The lowest BCUT2D eigenvalue weighted by Crippen LogP contribution is -2.49. The van der Waals surface area contributed by atoms with Gasteiger partial charge in [-0.2, -0.15) is 0 Å². The van der Waals surface area contributed by atoms with Crippen molar-refractivity contribution in [1.82, 2.24) is 5.32 Å². The fraction of sp³-hybridized carbons (Fsp3) is 0.455. The van der Waals surface area contributed by atoms with Gasteiger partial charge >= 0.3 is 0 Å². The maximum Gasteiger partial charge on any atom is 0.123 e. The second kappa shape index (κ2) is 4.10. The summed E-state index contributed by atoms with van der Waals surface area (Å²) in [4.78, 5) is 0. The molecule has 0 aromatic heterocycles. The zero-order valence-electron chi connectivity index (χ0n) is 8.60. The third kappa shape index (κ3) is 1.62. The Morgan fingerprint density at radius 2 is 1.94 bits per heavy atom. The van der Waals surface area contributed by atoms with Crippen LogP contribution in [0.2, 0.25) is 0 Å². The zero-order valence-corrected chi connectivity index (χ0v) is 8.60. The molecule has 1 aliphatic heterocycles. The molecule has 0 bridgehead atoms. The summed E-state index contributed by atoms with van der Waals surface area (Å²) in [7, 11) is 0. The van der Waals surface area contributed by atoms with Crippen molar-refractivity contribution in [3.63, 3.8) is 0 Å². The molecule has 0 spiro atoms. The summed E-state index contributed by atoms with van der Waals surface area (Å²) < 4.78 is 12.8. The van der Waals surface area contributed by atoms with Crippen LogP contribution in [0.1, 0.15) is 5.56 Å². The highest BCUT2D eigenvalue weighted by Crippen LogP contribution is 2.31. The van der Waals surface area contributed by atoms with Crippen molar-refractivity contribution in [2.45, 2.75) is 17.7 Å². The summed E-state index contributed by atoms with van der Waals surface area (Å²) in [5, 5.41) is 31.6. The first-order chi connectivity index (χ1) is 7.60. The minimum absolute atomic E-state index is 0.194. The molecule has 3 atom stereocenters. The summed E-state index contributed by atoms with van der Waals surface area (Å²) in [5.41, 5.74) is -0.548. The van der Waals surface area contributed by atoms with E-state index in [0.29, 0.717) is 5.56 Å². The van der Waals surface area contributed by atoms with Gasteiger partial charge < -0.3 is 20.6 Å². The van der Waals surface area contributed by atoms with Crippen LogP contribution in [0.15, 0.2) is 24.3 Å². The van der Waals surface area contributed by atoms with E-state index in [-0.39, 0.29) is 19.0 Å². The van der Waals surface area contributed by atoms with E-state index in [1.54, 1.807) is 0 Å². The first kappa shape index (κ1) is 11.5. The molecule has 16 heavy (non-hydrogen) atoms. The standard InChI is InChI=1S/C11H14FNO3/c12-8-3-1-7(2-4-8)11(6-14)10(16)9(15)5-13-11/h1-4,9-10,13-16H,5-6H2/t9-,10+,11+/m1/s1. The van der Waals surface area contributed by atoms with E-state index in [2.05, 4.69) is 5.32 Å². The minimum Gasteiger partial charge on any atom is -0.394 e. The van der Waals surface area contributed by atoms with Gasteiger partial charge in [0.2, 0.25) is 0 Å². The van der Waals surface area contributed by atoms with Gasteiger partial charge in [0.05, 0.1) is 18.2 Å². The predicted octanol–water partition coefficient (Wildman–Crippen LogP) is -0.662.